The van der Waals surface area contributed by atoms with Gasteiger partial charge in [-0.1, -0.05) is 41.7 Å². The van der Waals surface area contributed by atoms with Crippen LogP contribution in [0.1, 0.15) is 30.6 Å². The van der Waals surface area contributed by atoms with Crippen molar-refractivity contribution in [3.05, 3.63) is 56.6 Å². The number of aromatic nitrogens is 1. The van der Waals surface area contributed by atoms with Crippen molar-refractivity contribution < 1.29 is 9.53 Å². The van der Waals surface area contributed by atoms with E-state index in [0.717, 1.165) is 11.3 Å². The molecule has 24 heavy (non-hydrogen) atoms. The van der Waals surface area contributed by atoms with Crippen LogP contribution in [0.4, 0.5) is 0 Å². The second-order valence-corrected chi connectivity index (χ2v) is 6.98. The molecule has 0 aliphatic carbocycles. The molecule has 0 saturated carbocycles. The number of hydrogen-bond donors (Lipinski definition) is 0. The van der Waals surface area contributed by atoms with Crippen molar-refractivity contribution in [1.82, 2.24) is 9.47 Å². The number of nitrogens with zero attached hydrogens (tertiary/aromatic N) is 2. The Hall–Kier alpha value is -1.92. The van der Waals surface area contributed by atoms with Crippen LogP contribution in [0.25, 0.3) is 0 Å². The molecule has 5 nitrogen and oxygen atoms in total. The molecular formula is C18H22N2O3S. The predicted molar refractivity (Wildman–Crippen MR) is 94.2 cm³/mol. The fraction of sp³-hybridized carbons (Fsp3) is 0.444. The highest BCUT2D eigenvalue weighted by Crippen LogP contribution is 2.26. The minimum atomic E-state index is -0.0600. The summed E-state index contributed by atoms with van der Waals surface area (Å²) in [5.74, 6) is 0.0662. The summed E-state index contributed by atoms with van der Waals surface area (Å²) in [6, 6.07) is 9.91. The molecule has 1 fully saturated rings. The van der Waals surface area contributed by atoms with Gasteiger partial charge < -0.3 is 14.2 Å². The summed E-state index contributed by atoms with van der Waals surface area (Å²) < 4.78 is 7.44. The van der Waals surface area contributed by atoms with E-state index < -0.39 is 0 Å². The molecule has 0 spiro atoms. The number of amides is 1. The molecule has 0 bridgehead atoms. The highest BCUT2D eigenvalue weighted by atomic mass is 32.1. The number of benzene rings is 1. The van der Waals surface area contributed by atoms with Crippen molar-refractivity contribution >= 4 is 17.2 Å². The molecule has 2 aromatic rings. The van der Waals surface area contributed by atoms with Crippen LogP contribution in [0, 0.1) is 6.92 Å². The lowest BCUT2D eigenvalue weighted by atomic mass is 10.0. The largest absolute Gasteiger partial charge is 0.374 e. The summed E-state index contributed by atoms with van der Waals surface area (Å²) in [7, 11) is 0. The topological polar surface area (TPSA) is 51.5 Å². The van der Waals surface area contributed by atoms with Crippen molar-refractivity contribution in [2.75, 3.05) is 13.2 Å². The van der Waals surface area contributed by atoms with E-state index in [9.17, 15) is 9.59 Å². The van der Waals surface area contributed by atoms with Crippen LogP contribution < -0.4 is 4.87 Å². The van der Waals surface area contributed by atoms with Gasteiger partial charge in [0.15, 0.2) is 0 Å². The Morgan fingerprint density at radius 2 is 2.08 bits per heavy atom. The van der Waals surface area contributed by atoms with Gasteiger partial charge in [0.2, 0.25) is 5.91 Å². The molecule has 1 amide bonds. The predicted octanol–water partition coefficient (Wildman–Crippen LogP) is 2.60. The monoisotopic (exact) mass is 346 g/mol. The lowest BCUT2D eigenvalue weighted by Crippen LogP contribution is -2.47. The molecular weight excluding hydrogens is 324 g/mol. The molecule has 0 N–H and O–H groups in total. The van der Waals surface area contributed by atoms with Crippen LogP contribution >= 0.6 is 11.3 Å². The molecule has 1 aromatic heterocycles. The average Bonchev–Trinajstić information content (AvgIpc) is 2.91. The number of aryl methyl sites for hydroxylation is 1. The van der Waals surface area contributed by atoms with Gasteiger partial charge in [-0.3, -0.25) is 9.59 Å². The van der Waals surface area contributed by atoms with Crippen LogP contribution in [0.15, 0.2) is 40.5 Å². The Balaban J connectivity index is 1.74. The SMILES string of the molecule is Cc1csc(=O)n1CCC(=O)N1C[C@@H](C)OC[C@H]1c1ccccc1. The standard InChI is InChI=1S/C18H22N2O3S/c1-13-12-24-18(22)19(13)9-8-17(21)20-10-14(2)23-11-16(20)15-6-4-3-5-7-15/h3-7,12,14,16H,8-11H2,1-2H3/t14-,16+/m1/s1. The van der Waals surface area contributed by atoms with Crippen LogP contribution in [-0.2, 0) is 16.1 Å². The zero-order valence-electron chi connectivity index (χ0n) is 14.0. The molecule has 1 aromatic carbocycles. The highest BCUT2D eigenvalue weighted by molar-refractivity contribution is 7.07. The minimum absolute atomic E-state index is 0.00439. The summed E-state index contributed by atoms with van der Waals surface area (Å²) in [5.41, 5.74) is 1.99. The van der Waals surface area contributed by atoms with E-state index >= 15 is 0 Å². The first-order valence-corrected chi connectivity index (χ1v) is 9.05. The van der Waals surface area contributed by atoms with Gasteiger partial charge in [0.05, 0.1) is 18.8 Å². The maximum atomic E-state index is 12.8. The van der Waals surface area contributed by atoms with Gasteiger partial charge in [0.25, 0.3) is 0 Å². The lowest BCUT2D eigenvalue weighted by molar-refractivity contribution is -0.144. The lowest BCUT2D eigenvalue weighted by Gasteiger charge is -2.39. The second kappa shape index (κ2) is 7.32. The summed E-state index contributed by atoms with van der Waals surface area (Å²) in [6.07, 6.45) is 0.354. The molecule has 1 saturated heterocycles. The Bertz CT molecular complexity index is 753. The summed E-state index contributed by atoms with van der Waals surface area (Å²) in [6.45, 7) is 5.39. The molecule has 2 atom stereocenters. The number of morpholine rings is 1. The Labute approximate surface area is 145 Å². The van der Waals surface area contributed by atoms with Gasteiger partial charge in [-0.15, -0.1) is 0 Å². The maximum absolute atomic E-state index is 12.8. The third-order valence-electron chi connectivity index (χ3n) is 4.40. The van der Waals surface area contributed by atoms with E-state index in [1.54, 1.807) is 4.57 Å². The van der Waals surface area contributed by atoms with Gasteiger partial charge in [0.1, 0.15) is 0 Å². The normalized spacial score (nSPS) is 21.0. The minimum Gasteiger partial charge on any atom is -0.374 e. The molecule has 0 radical (unpaired) electrons. The summed E-state index contributed by atoms with van der Waals surface area (Å²) in [5, 5.41) is 1.83. The maximum Gasteiger partial charge on any atom is 0.307 e. The molecule has 3 rings (SSSR count). The van der Waals surface area contributed by atoms with Crippen molar-refractivity contribution in [1.29, 1.82) is 0 Å². The van der Waals surface area contributed by atoms with Crippen molar-refractivity contribution in [2.45, 2.75) is 39.0 Å². The van der Waals surface area contributed by atoms with Gasteiger partial charge in [-0.05, 0) is 19.4 Å². The first-order chi connectivity index (χ1) is 11.6. The number of ether oxygens (including phenoxy) is 1. The van der Waals surface area contributed by atoms with Gasteiger partial charge in [0, 0.05) is 30.6 Å². The Morgan fingerprint density at radius 3 is 2.75 bits per heavy atom. The van der Waals surface area contributed by atoms with E-state index in [-0.39, 0.29) is 22.9 Å². The second-order valence-electron chi connectivity index (χ2n) is 6.16. The Morgan fingerprint density at radius 1 is 1.33 bits per heavy atom. The zero-order valence-corrected chi connectivity index (χ0v) is 14.8. The number of rotatable bonds is 4. The number of carbonyl (C=O) groups excluding carboxylic acids is 1. The third kappa shape index (κ3) is 3.60. The summed E-state index contributed by atoms with van der Waals surface area (Å²) in [4.78, 5) is 26.5. The van der Waals surface area contributed by atoms with E-state index in [4.69, 9.17) is 4.74 Å². The van der Waals surface area contributed by atoms with E-state index in [0.29, 0.717) is 26.1 Å². The highest BCUT2D eigenvalue weighted by Gasteiger charge is 2.31. The van der Waals surface area contributed by atoms with Crippen LogP contribution in [-0.4, -0.2) is 34.6 Å². The van der Waals surface area contributed by atoms with Crippen molar-refractivity contribution in [2.24, 2.45) is 0 Å². The quantitative estimate of drug-likeness (QED) is 0.855. The first kappa shape index (κ1) is 16.9. The zero-order chi connectivity index (χ0) is 17.1. The molecule has 128 valence electrons. The molecule has 0 unspecified atom stereocenters. The third-order valence-corrected chi connectivity index (χ3v) is 5.28. The number of thiazole rings is 1. The van der Waals surface area contributed by atoms with E-state index in [2.05, 4.69) is 0 Å². The molecule has 1 aliphatic rings. The summed E-state index contributed by atoms with van der Waals surface area (Å²) >= 11 is 1.18. The van der Waals surface area contributed by atoms with Crippen LogP contribution in [0.3, 0.4) is 0 Å². The van der Waals surface area contributed by atoms with Crippen LogP contribution in [0.2, 0.25) is 0 Å². The smallest absolute Gasteiger partial charge is 0.307 e. The number of hydrogen-bond acceptors (Lipinski definition) is 4. The van der Waals surface area contributed by atoms with Crippen LogP contribution in [0.5, 0.6) is 0 Å². The fourth-order valence-corrected chi connectivity index (χ4v) is 3.82. The van der Waals surface area contributed by atoms with Crippen molar-refractivity contribution in [3.8, 4) is 0 Å². The van der Waals surface area contributed by atoms with E-state index in [1.807, 2.05) is 54.5 Å². The first-order valence-electron chi connectivity index (χ1n) is 8.17. The van der Waals surface area contributed by atoms with Gasteiger partial charge in [-0.25, -0.2) is 0 Å². The van der Waals surface area contributed by atoms with E-state index in [1.165, 1.54) is 11.3 Å². The van der Waals surface area contributed by atoms with Crippen molar-refractivity contribution in [3.63, 3.8) is 0 Å². The molecule has 6 heteroatoms. The molecule has 1 aliphatic heterocycles. The van der Waals surface area contributed by atoms with Gasteiger partial charge >= 0.3 is 4.87 Å². The Kier molecular flexibility index (Phi) is 5.16. The average molecular weight is 346 g/mol. The number of carbonyl (C=O) groups is 1. The van der Waals surface area contributed by atoms with Gasteiger partial charge in [-0.2, -0.15) is 0 Å². The molecule has 2 heterocycles. The fourth-order valence-electron chi connectivity index (χ4n) is 3.05.